The van der Waals surface area contributed by atoms with E-state index in [4.69, 9.17) is 10.8 Å². The molecule has 0 aliphatic carbocycles. The molecule has 1 rings (SSSR count). The van der Waals surface area contributed by atoms with E-state index in [1.54, 1.807) is 18.0 Å². The minimum absolute atomic E-state index is 0.00202. The molecule has 104 valence electrons. The summed E-state index contributed by atoms with van der Waals surface area (Å²) >= 11 is 1.59. The Balaban J connectivity index is 2.80. The predicted octanol–water partition coefficient (Wildman–Crippen LogP) is 1.09. The molecular formula is C13H19N2O3S+. The fraction of sp³-hybridized carbons (Fsp3) is 0.462. The number of rotatable bonds is 8. The van der Waals surface area contributed by atoms with E-state index in [0.717, 1.165) is 10.6 Å². The Bertz CT molecular complexity index is 463. The third-order valence-electron chi connectivity index (χ3n) is 2.50. The number of carbonyl (C=O) groups excluding carboxylic acids is 1. The van der Waals surface area contributed by atoms with Crippen molar-refractivity contribution in [1.82, 2.24) is 0 Å². The first-order chi connectivity index (χ1) is 9.02. The SMILES string of the molecule is CC(=O)c1cc(SCCN)c[n+](CCCC(=O)O)c1. The molecular weight excluding hydrogens is 264 g/mol. The number of hydrogen-bond donors (Lipinski definition) is 2. The van der Waals surface area contributed by atoms with Crippen LogP contribution >= 0.6 is 11.8 Å². The van der Waals surface area contributed by atoms with Gasteiger partial charge in [0.15, 0.2) is 18.2 Å². The van der Waals surface area contributed by atoms with Gasteiger partial charge in [0.05, 0.1) is 16.9 Å². The van der Waals surface area contributed by atoms with Gasteiger partial charge in [-0.25, -0.2) is 4.57 Å². The lowest BCUT2D eigenvalue weighted by molar-refractivity contribution is -0.699. The van der Waals surface area contributed by atoms with Crippen LogP contribution in [0.2, 0.25) is 0 Å². The van der Waals surface area contributed by atoms with Crippen LogP contribution in [0.1, 0.15) is 30.1 Å². The number of Topliss-reactive ketones (excluding diaryl/α,β-unsaturated/α-hetero) is 1. The summed E-state index contributed by atoms with van der Waals surface area (Å²) in [5.74, 6) is -0.0144. The molecule has 5 nitrogen and oxygen atoms in total. The number of ketones is 1. The molecule has 3 N–H and O–H groups in total. The largest absolute Gasteiger partial charge is 0.481 e. The molecule has 0 radical (unpaired) electrons. The number of aromatic nitrogens is 1. The topological polar surface area (TPSA) is 84.3 Å². The lowest BCUT2D eigenvalue weighted by atomic mass is 10.2. The van der Waals surface area contributed by atoms with Gasteiger partial charge in [-0.15, -0.1) is 11.8 Å². The smallest absolute Gasteiger partial charge is 0.303 e. The highest BCUT2D eigenvalue weighted by atomic mass is 32.2. The number of carboxylic acids is 1. The average molecular weight is 283 g/mol. The highest BCUT2D eigenvalue weighted by Gasteiger charge is 2.11. The maximum atomic E-state index is 11.5. The maximum absolute atomic E-state index is 11.5. The molecule has 0 aliphatic heterocycles. The van der Waals surface area contributed by atoms with Gasteiger partial charge in [-0.05, 0) is 13.0 Å². The monoisotopic (exact) mass is 283 g/mol. The predicted molar refractivity (Wildman–Crippen MR) is 73.3 cm³/mol. The average Bonchev–Trinajstić information content (AvgIpc) is 2.35. The number of nitrogens with zero attached hydrogens (tertiary/aromatic N) is 1. The third kappa shape index (κ3) is 5.85. The summed E-state index contributed by atoms with van der Waals surface area (Å²) in [6.45, 7) is 2.69. The van der Waals surface area contributed by atoms with E-state index in [-0.39, 0.29) is 12.2 Å². The molecule has 0 amide bonds. The van der Waals surface area contributed by atoms with E-state index in [0.29, 0.717) is 25.1 Å². The molecule has 0 bridgehead atoms. The zero-order valence-corrected chi connectivity index (χ0v) is 11.8. The van der Waals surface area contributed by atoms with Crippen LogP contribution in [0.4, 0.5) is 0 Å². The molecule has 0 fully saturated rings. The molecule has 0 saturated carbocycles. The van der Waals surface area contributed by atoms with Crippen molar-refractivity contribution in [2.75, 3.05) is 12.3 Å². The Labute approximate surface area is 116 Å². The van der Waals surface area contributed by atoms with Gasteiger partial charge in [-0.2, -0.15) is 0 Å². The van der Waals surface area contributed by atoms with E-state index < -0.39 is 5.97 Å². The van der Waals surface area contributed by atoms with Crippen LogP contribution < -0.4 is 10.3 Å². The number of aryl methyl sites for hydroxylation is 1. The Morgan fingerprint density at radius 2 is 2.16 bits per heavy atom. The molecule has 6 heteroatoms. The van der Waals surface area contributed by atoms with Gasteiger partial charge in [-0.3, -0.25) is 9.59 Å². The number of nitrogens with two attached hydrogens (primary N) is 1. The molecule has 19 heavy (non-hydrogen) atoms. The van der Waals surface area contributed by atoms with Crippen molar-refractivity contribution in [2.45, 2.75) is 31.2 Å². The zero-order valence-electron chi connectivity index (χ0n) is 11.0. The first-order valence-corrected chi connectivity index (χ1v) is 7.11. The van der Waals surface area contributed by atoms with Gasteiger partial charge >= 0.3 is 5.97 Å². The second-order valence-electron chi connectivity index (χ2n) is 4.19. The minimum Gasteiger partial charge on any atom is -0.481 e. The van der Waals surface area contributed by atoms with Crippen LogP contribution in [0.15, 0.2) is 23.4 Å². The number of carboxylic acid groups (broad SMARTS) is 1. The van der Waals surface area contributed by atoms with Crippen LogP contribution in [0.25, 0.3) is 0 Å². The Kier molecular flexibility index (Phi) is 6.52. The van der Waals surface area contributed by atoms with Crippen molar-refractivity contribution < 1.29 is 19.3 Å². The molecule has 1 aromatic rings. The van der Waals surface area contributed by atoms with Crippen molar-refractivity contribution in [1.29, 1.82) is 0 Å². The Morgan fingerprint density at radius 3 is 2.74 bits per heavy atom. The molecule has 1 aromatic heterocycles. The molecule has 0 aromatic carbocycles. The highest BCUT2D eigenvalue weighted by Crippen LogP contribution is 2.16. The summed E-state index contributed by atoms with van der Waals surface area (Å²) in [5.41, 5.74) is 6.10. The van der Waals surface area contributed by atoms with E-state index in [9.17, 15) is 9.59 Å². The summed E-state index contributed by atoms with van der Waals surface area (Å²) in [6.07, 6.45) is 4.36. The van der Waals surface area contributed by atoms with Gasteiger partial charge in [0, 0.05) is 18.7 Å². The van der Waals surface area contributed by atoms with Gasteiger partial charge in [0.25, 0.3) is 0 Å². The summed E-state index contributed by atoms with van der Waals surface area (Å²) in [5, 5.41) is 8.62. The summed E-state index contributed by atoms with van der Waals surface area (Å²) in [6, 6.07) is 1.84. The highest BCUT2D eigenvalue weighted by molar-refractivity contribution is 7.99. The normalized spacial score (nSPS) is 10.4. The molecule has 0 unspecified atom stereocenters. The Hall–Kier alpha value is -1.40. The minimum atomic E-state index is -0.805. The quantitative estimate of drug-likeness (QED) is 0.424. The van der Waals surface area contributed by atoms with Crippen molar-refractivity contribution in [2.24, 2.45) is 5.73 Å². The van der Waals surface area contributed by atoms with Crippen LogP contribution in [-0.2, 0) is 11.3 Å². The van der Waals surface area contributed by atoms with Crippen molar-refractivity contribution in [3.8, 4) is 0 Å². The standard InChI is InChI=1S/C13H18N2O3S/c1-10(16)11-7-12(19-6-4-14)9-15(8-11)5-2-3-13(17)18/h7-9H,2-6,14H2,1H3/p+1. The van der Waals surface area contributed by atoms with Gasteiger partial charge < -0.3 is 10.8 Å². The van der Waals surface area contributed by atoms with Crippen LogP contribution in [0.3, 0.4) is 0 Å². The molecule has 0 atom stereocenters. The lowest BCUT2D eigenvalue weighted by Gasteiger charge is -2.03. The lowest BCUT2D eigenvalue weighted by Crippen LogP contribution is -2.34. The molecule has 0 spiro atoms. The van der Waals surface area contributed by atoms with Crippen LogP contribution in [0.5, 0.6) is 0 Å². The summed E-state index contributed by atoms with van der Waals surface area (Å²) < 4.78 is 1.87. The summed E-state index contributed by atoms with van der Waals surface area (Å²) in [4.78, 5) is 22.9. The maximum Gasteiger partial charge on any atom is 0.303 e. The zero-order chi connectivity index (χ0) is 14.3. The molecule has 0 saturated heterocycles. The summed E-state index contributed by atoms with van der Waals surface area (Å²) in [7, 11) is 0. The van der Waals surface area contributed by atoms with E-state index in [2.05, 4.69) is 0 Å². The number of thioether (sulfide) groups is 1. The van der Waals surface area contributed by atoms with Crippen LogP contribution in [-0.4, -0.2) is 29.2 Å². The fourth-order valence-electron chi connectivity index (χ4n) is 1.60. The van der Waals surface area contributed by atoms with E-state index in [1.807, 2.05) is 16.8 Å². The number of hydrogen-bond acceptors (Lipinski definition) is 4. The third-order valence-corrected chi connectivity index (χ3v) is 3.49. The van der Waals surface area contributed by atoms with E-state index in [1.165, 1.54) is 6.92 Å². The van der Waals surface area contributed by atoms with Crippen LogP contribution in [0, 0.1) is 0 Å². The van der Waals surface area contributed by atoms with Crippen molar-refractivity contribution >= 4 is 23.5 Å². The first kappa shape index (κ1) is 15.7. The first-order valence-electron chi connectivity index (χ1n) is 6.12. The number of aliphatic carboxylic acids is 1. The number of carbonyl (C=O) groups is 2. The van der Waals surface area contributed by atoms with E-state index >= 15 is 0 Å². The van der Waals surface area contributed by atoms with Gasteiger partial charge in [0.2, 0.25) is 0 Å². The second kappa shape index (κ2) is 7.91. The van der Waals surface area contributed by atoms with Crippen molar-refractivity contribution in [3.63, 3.8) is 0 Å². The second-order valence-corrected chi connectivity index (χ2v) is 5.36. The van der Waals surface area contributed by atoms with Gasteiger partial charge in [0.1, 0.15) is 6.54 Å². The fourth-order valence-corrected chi connectivity index (χ4v) is 2.37. The van der Waals surface area contributed by atoms with Gasteiger partial charge in [-0.1, -0.05) is 0 Å². The number of pyridine rings is 1. The molecule has 1 heterocycles. The molecule has 0 aliphatic rings. The van der Waals surface area contributed by atoms with Crippen molar-refractivity contribution in [3.05, 3.63) is 24.0 Å². The Morgan fingerprint density at radius 1 is 1.42 bits per heavy atom.